The maximum atomic E-state index is 13.0. The Morgan fingerprint density at radius 1 is 1.57 bits per heavy atom. The predicted molar refractivity (Wildman–Crippen MR) is 45.1 cm³/mol. The Bertz CT molecular complexity index is 326. The molecule has 0 bridgehead atoms. The number of hydrogen-bond acceptors (Lipinski definition) is 2. The average Bonchev–Trinajstić information content (AvgIpc) is 2.16. The molecule has 0 saturated heterocycles. The summed E-state index contributed by atoms with van der Waals surface area (Å²) in [7, 11) is 0. The van der Waals surface area contributed by atoms with E-state index in [1.54, 1.807) is 0 Å². The average molecular weight is 201 g/mol. The van der Waals surface area contributed by atoms with Crippen molar-refractivity contribution in [3.63, 3.8) is 0 Å². The van der Waals surface area contributed by atoms with Crippen LogP contribution >= 0.6 is 0 Å². The van der Waals surface area contributed by atoms with Gasteiger partial charge in [-0.25, -0.2) is 13.6 Å². The Labute approximate surface area is 79.4 Å². The lowest BCUT2D eigenvalue weighted by Gasteiger charge is -2.11. The molecule has 0 fully saturated rings. The molecule has 1 heterocycles. The fourth-order valence-electron chi connectivity index (χ4n) is 1.02. The predicted octanol–water partition coefficient (Wildman–Crippen LogP) is 1.75. The molecular formula is C9H9F2NO2. The molecule has 5 heteroatoms. The normalized spacial score (nSPS) is 14.8. The van der Waals surface area contributed by atoms with Crippen LogP contribution in [0, 0.1) is 5.82 Å². The van der Waals surface area contributed by atoms with E-state index in [2.05, 4.69) is 4.98 Å². The van der Waals surface area contributed by atoms with Crippen LogP contribution < -0.4 is 0 Å². The summed E-state index contributed by atoms with van der Waals surface area (Å²) in [5.74, 6) is -2.96. The molecule has 2 atom stereocenters. The number of carbonyl (C=O) groups is 1. The minimum atomic E-state index is -2.02. The van der Waals surface area contributed by atoms with Crippen molar-refractivity contribution in [3.05, 3.63) is 29.8 Å². The van der Waals surface area contributed by atoms with Crippen LogP contribution in [0.3, 0.4) is 0 Å². The summed E-state index contributed by atoms with van der Waals surface area (Å²) < 4.78 is 25.4. The van der Waals surface area contributed by atoms with E-state index in [-0.39, 0.29) is 5.69 Å². The first kappa shape index (κ1) is 10.6. The second kappa shape index (κ2) is 4.13. The summed E-state index contributed by atoms with van der Waals surface area (Å²) >= 11 is 0. The fourth-order valence-corrected chi connectivity index (χ4v) is 1.02. The number of alkyl halides is 1. The standard InChI is InChI=1S/C9H9F2NO2/c1-5(8(11)9(13)14)7-3-2-6(10)4-12-7/h2-5,8H,1H3,(H,13,14). The van der Waals surface area contributed by atoms with Gasteiger partial charge in [0.05, 0.1) is 6.20 Å². The van der Waals surface area contributed by atoms with Crippen molar-refractivity contribution in [1.29, 1.82) is 0 Å². The van der Waals surface area contributed by atoms with Gasteiger partial charge < -0.3 is 5.11 Å². The van der Waals surface area contributed by atoms with E-state index in [0.717, 1.165) is 12.3 Å². The monoisotopic (exact) mass is 201 g/mol. The van der Waals surface area contributed by atoms with E-state index >= 15 is 0 Å². The Morgan fingerprint density at radius 2 is 2.21 bits per heavy atom. The van der Waals surface area contributed by atoms with Crippen LogP contribution in [-0.4, -0.2) is 22.2 Å². The summed E-state index contributed by atoms with van der Waals surface area (Å²) in [4.78, 5) is 13.9. The zero-order chi connectivity index (χ0) is 10.7. The Morgan fingerprint density at radius 3 is 2.64 bits per heavy atom. The molecule has 14 heavy (non-hydrogen) atoms. The summed E-state index contributed by atoms with van der Waals surface area (Å²) in [6, 6.07) is 2.39. The highest BCUT2D eigenvalue weighted by molar-refractivity contribution is 5.73. The van der Waals surface area contributed by atoms with E-state index in [9.17, 15) is 13.6 Å². The van der Waals surface area contributed by atoms with Crippen LogP contribution in [0.15, 0.2) is 18.3 Å². The van der Waals surface area contributed by atoms with Crippen molar-refractivity contribution < 1.29 is 18.7 Å². The van der Waals surface area contributed by atoms with Crippen LogP contribution in [0.5, 0.6) is 0 Å². The van der Waals surface area contributed by atoms with Crippen molar-refractivity contribution in [1.82, 2.24) is 4.98 Å². The van der Waals surface area contributed by atoms with Gasteiger partial charge in [-0.3, -0.25) is 4.98 Å². The molecule has 3 nitrogen and oxygen atoms in total. The summed E-state index contributed by atoms with van der Waals surface area (Å²) in [6.07, 6.45) is -1.09. The van der Waals surface area contributed by atoms with E-state index < -0.39 is 23.9 Å². The second-order valence-corrected chi connectivity index (χ2v) is 2.93. The maximum Gasteiger partial charge on any atom is 0.338 e. The third-order valence-corrected chi connectivity index (χ3v) is 1.89. The lowest BCUT2D eigenvalue weighted by atomic mass is 10.0. The molecule has 0 aliphatic rings. The van der Waals surface area contributed by atoms with Crippen molar-refractivity contribution in [2.45, 2.75) is 19.0 Å². The molecule has 76 valence electrons. The first-order valence-corrected chi connectivity index (χ1v) is 4.00. The number of pyridine rings is 1. The second-order valence-electron chi connectivity index (χ2n) is 2.93. The third kappa shape index (κ3) is 2.25. The molecule has 0 aliphatic carbocycles. The molecule has 0 saturated carbocycles. The number of halogens is 2. The first-order valence-electron chi connectivity index (χ1n) is 4.00. The number of nitrogens with zero attached hydrogens (tertiary/aromatic N) is 1. The zero-order valence-corrected chi connectivity index (χ0v) is 7.45. The van der Waals surface area contributed by atoms with Gasteiger partial charge in [-0.1, -0.05) is 6.92 Å². The quantitative estimate of drug-likeness (QED) is 0.810. The lowest BCUT2D eigenvalue weighted by molar-refractivity contribution is -0.143. The smallest absolute Gasteiger partial charge is 0.338 e. The molecule has 0 amide bonds. The van der Waals surface area contributed by atoms with Gasteiger partial charge in [-0.05, 0) is 12.1 Å². The number of hydrogen-bond donors (Lipinski definition) is 1. The van der Waals surface area contributed by atoms with E-state index in [0.29, 0.717) is 0 Å². The molecule has 1 N–H and O–H groups in total. The maximum absolute atomic E-state index is 13.0. The van der Waals surface area contributed by atoms with Gasteiger partial charge in [0.1, 0.15) is 5.82 Å². The molecule has 0 aliphatic heterocycles. The van der Waals surface area contributed by atoms with Crippen LogP contribution in [0.25, 0.3) is 0 Å². The van der Waals surface area contributed by atoms with Gasteiger partial charge >= 0.3 is 5.97 Å². The number of rotatable bonds is 3. The molecule has 0 aromatic carbocycles. The molecule has 1 aromatic rings. The van der Waals surface area contributed by atoms with Gasteiger partial charge in [-0.15, -0.1) is 0 Å². The van der Waals surface area contributed by atoms with Crippen molar-refractivity contribution in [3.8, 4) is 0 Å². The van der Waals surface area contributed by atoms with Crippen molar-refractivity contribution >= 4 is 5.97 Å². The molecule has 2 unspecified atom stereocenters. The third-order valence-electron chi connectivity index (χ3n) is 1.89. The minimum absolute atomic E-state index is 0.223. The number of carboxylic acid groups (broad SMARTS) is 1. The molecule has 1 rings (SSSR count). The van der Waals surface area contributed by atoms with Gasteiger partial charge in [0.25, 0.3) is 0 Å². The van der Waals surface area contributed by atoms with E-state index in [4.69, 9.17) is 5.11 Å². The van der Waals surface area contributed by atoms with E-state index in [1.165, 1.54) is 13.0 Å². The van der Waals surface area contributed by atoms with Crippen LogP contribution in [0.2, 0.25) is 0 Å². The van der Waals surface area contributed by atoms with Crippen LogP contribution in [0.4, 0.5) is 8.78 Å². The highest BCUT2D eigenvalue weighted by Crippen LogP contribution is 2.19. The Balaban J connectivity index is 2.84. The largest absolute Gasteiger partial charge is 0.479 e. The van der Waals surface area contributed by atoms with Crippen molar-refractivity contribution in [2.24, 2.45) is 0 Å². The fraction of sp³-hybridized carbons (Fsp3) is 0.333. The zero-order valence-electron chi connectivity index (χ0n) is 7.45. The Kier molecular flexibility index (Phi) is 3.11. The Hall–Kier alpha value is -1.52. The number of aromatic nitrogens is 1. The van der Waals surface area contributed by atoms with Gasteiger partial charge in [-0.2, -0.15) is 0 Å². The molecule has 0 radical (unpaired) electrons. The van der Waals surface area contributed by atoms with Crippen LogP contribution in [0.1, 0.15) is 18.5 Å². The van der Waals surface area contributed by atoms with Gasteiger partial charge in [0.15, 0.2) is 0 Å². The lowest BCUT2D eigenvalue weighted by Crippen LogP contribution is -2.22. The number of carboxylic acids is 1. The highest BCUT2D eigenvalue weighted by Gasteiger charge is 2.26. The van der Waals surface area contributed by atoms with Gasteiger partial charge in [0.2, 0.25) is 6.17 Å². The summed E-state index contributed by atoms with van der Waals surface area (Å²) in [5, 5.41) is 8.39. The summed E-state index contributed by atoms with van der Waals surface area (Å²) in [6.45, 7) is 1.39. The first-order chi connectivity index (χ1) is 6.52. The minimum Gasteiger partial charge on any atom is -0.479 e. The van der Waals surface area contributed by atoms with E-state index in [1.807, 2.05) is 0 Å². The topological polar surface area (TPSA) is 50.2 Å². The van der Waals surface area contributed by atoms with Crippen LogP contribution in [-0.2, 0) is 4.79 Å². The molecule has 1 aromatic heterocycles. The SMILES string of the molecule is CC(c1ccc(F)cn1)C(F)C(=O)O. The van der Waals surface area contributed by atoms with Gasteiger partial charge in [0, 0.05) is 11.6 Å². The molecular weight excluding hydrogens is 192 g/mol. The van der Waals surface area contributed by atoms with Crippen molar-refractivity contribution in [2.75, 3.05) is 0 Å². The highest BCUT2D eigenvalue weighted by atomic mass is 19.1. The summed E-state index contributed by atoms with van der Waals surface area (Å²) in [5.41, 5.74) is 0.223. The molecule has 0 spiro atoms. The number of aliphatic carboxylic acids is 1.